The highest BCUT2D eigenvalue weighted by Crippen LogP contribution is 2.34. The SMILES string of the molecule is Cc1cc(C(C)(C)C)c(C#N)c(C(C)(C)C)c1. The molecule has 0 N–H and O–H groups in total. The first kappa shape index (κ1) is 13.8. The lowest BCUT2D eigenvalue weighted by atomic mass is 9.76. The van der Waals surface area contributed by atoms with Gasteiger partial charge in [-0.25, -0.2) is 0 Å². The molecule has 0 aliphatic heterocycles. The largest absolute Gasteiger partial charge is 0.192 e. The van der Waals surface area contributed by atoms with Gasteiger partial charge in [0.05, 0.1) is 11.6 Å². The summed E-state index contributed by atoms with van der Waals surface area (Å²) in [6.07, 6.45) is 0. The van der Waals surface area contributed by atoms with Crippen LogP contribution >= 0.6 is 0 Å². The fraction of sp³-hybridized carbons (Fsp3) is 0.562. The van der Waals surface area contributed by atoms with Crippen LogP contribution in [0.1, 0.15) is 63.8 Å². The van der Waals surface area contributed by atoms with Gasteiger partial charge in [-0.1, -0.05) is 59.2 Å². The first-order chi connectivity index (χ1) is 7.57. The molecule has 0 bridgehead atoms. The highest BCUT2D eigenvalue weighted by Gasteiger charge is 2.25. The molecule has 0 spiro atoms. The molecule has 0 saturated heterocycles. The van der Waals surface area contributed by atoms with E-state index >= 15 is 0 Å². The van der Waals surface area contributed by atoms with Crippen LogP contribution in [0.25, 0.3) is 0 Å². The minimum Gasteiger partial charge on any atom is -0.192 e. The van der Waals surface area contributed by atoms with Gasteiger partial charge in [-0.05, 0) is 28.9 Å². The molecule has 0 fully saturated rings. The Morgan fingerprint density at radius 2 is 1.24 bits per heavy atom. The van der Waals surface area contributed by atoms with Gasteiger partial charge in [0.2, 0.25) is 0 Å². The molecular formula is C16H23N. The van der Waals surface area contributed by atoms with Gasteiger partial charge in [0.25, 0.3) is 0 Å². The van der Waals surface area contributed by atoms with Gasteiger partial charge < -0.3 is 0 Å². The van der Waals surface area contributed by atoms with Crippen LogP contribution in [0.2, 0.25) is 0 Å². The quantitative estimate of drug-likeness (QED) is 0.644. The smallest absolute Gasteiger partial charge is 0.0997 e. The van der Waals surface area contributed by atoms with E-state index in [2.05, 4.69) is 66.7 Å². The van der Waals surface area contributed by atoms with E-state index < -0.39 is 0 Å². The van der Waals surface area contributed by atoms with E-state index in [4.69, 9.17) is 0 Å². The molecule has 1 aromatic carbocycles. The molecule has 0 heterocycles. The summed E-state index contributed by atoms with van der Waals surface area (Å²) in [5.41, 5.74) is 4.43. The number of hydrogen-bond acceptors (Lipinski definition) is 1. The number of nitriles is 1. The van der Waals surface area contributed by atoms with Gasteiger partial charge in [0.15, 0.2) is 0 Å². The minimum absolute atomic E-state index is 0.0110. The van der Waals surface area contributed by atoms with Crippen molar-refractivity contribution in [1.29, 1.82) is 5.26 Å². The van der Waals surface area contributed by atoms with Crippen molar-refractivity contribution in [3.05, 3.63) is 34.4 Å². The van der Waals surface area contributed by atoms with Gasteiger partial charge in [-0.3, -0.25) is 0 Å². The highest BCUT2D eigenvalue weighted by atomic mass is 14.3. The fourth-order valence-corrected chi connectivity index (χ4v) is 2.09. The van der Waals surface area contributed by atoms with E-state index in [0.717, 1.165) is 16.7 Å². The molecule has 0 aliphatic carbocycles. The number of nitrogens with zero attached hydrogens (tertiary/aromatic N) is 1. The van der Waals surface area contributed by atoms with E-state index in [9.17, 15) is 5.26 Å². The second-order valence-corrected chi connectivity index (χ2v) is 6.85. The predicted octanol–water partition coefficient (Wildman–Crippen LogP) is 4.46. The number of hydrogen-bond donors (Lipinski definition) is 0. The van der Waals surface area contributed by atoms with Crippen LogP contribution in [0, 0.1) is 18.3 Å². The Balaban J connectivity index is 3.66. The summed E-state index contributed by atoms with van der Waals surface area (Å²) in [5.74, 6) is 0. The second-order valence-electron chi connectivity index (χ2n) is 6.85. The lowest BCUT2D eigenvalue weighted by molar-refractivity contribution is 0.564. The lowest BCUT2D eigenvalue weighted by Crippen LogP contribution is -2.20. The molecule has 1 nitrogen and oxygen atoms in total. The average Bonchev–Trinajstić information content (AvgIpc) is 2.13. The molecule has 1 heteroatoms. The maximum absolute atomic E-state index is 9.47. The van der Waals surface area contributed by atoms with Crippen molar-refractivity contribution in [1.82, 2.24) is 0 Å². The summed E-state index contributed by atoms with van der Waals surface area (Å²) in [4.78, 5) is 0. The molecule has 92 valence electrons. The van der Waals surface area contributed by atoms with Gasteiger partial charge in [-0.2, -0.15) is 5.26 Å². The molecule has 0 saturated carbocycles. The zero-order valence-corrected chi connectivity index (χ0v) is 12.1. The zero-order valence-electron chi connectivity index (χ0n) is 12.1. The minimum atomic E-state index is 0.0110. The normalized spacial score (nSPS) is 12.4. The molecule has 1 rings (SSSR count). The van der Waals surface area contributed by atoms with E-state index in [-0.39, 0.29) is 10.8 Å². The average molecular weight is 229 g/mol. The van der Waals surface area contributed by atoms with E-state index in [0.29, 0.717) is 0 Å². The summed E-state index contributed by atoms with van der Waals surface area (Å²) in [6, 6.07) is 6.70. The third kappa shape index (κ3) is 2.88. The third-order valence-electron chi connectivity index (χ3n) is 3.01. The molecule has 0 aromatic heterocycles. The van der Waals surface area contributed by atoms with Crippen molar-refractivity contribution in [3.8, 4) is 6.07 Å². The zero-order chi connectivity index (χ0) is 13.4. The topological polar surface area (TPSA) is 23.8 Å². The van der Waals surface area contributed by atoms with Crippen molar-refractivity contribution < 1.29 is 0 Å². The number of aryl methyl sites for hydroxylation is 1. The summed E-state index contributed by atoms with van der Waals surface area (Å²) in [6.45, 7) is 15.1. The molecule has 1 aromatic rings. The van der Waals surface area contributed by atoms with E-state index in [1.165, 1.54) is 5.56 Å². The standard InChI is InChI=1S/C16H23N/c1-11-8-13(15(2,3)4)12(10-17)14(9-11)16(5,6)7/h8-9H,1-7H3. The Labute approximate surface area is 105 Å². The van der Waals surface area contributed by atoms with E-state index in [1.807, 2.05) is 0 Å². The van der Waals surface area contributed by atoms with Crippen LogP contribution in [0.4, 0.5) is 0 Å². The molecule has 0 aliphatic rings. The number of rotatable bonds is 0. The van der Waals surface area contributed by atoms with Crippen molar-refractivity contribution in [3.63, 3.8) is 0 Å². The molecule has 0 unspecified atom stereocenters. The summed E-state index contributed by atoms with van der Waals surface area (Å²) in [5, 5.41) is 9.47. The van der Waals surface area contributed by atoms with Gasteiger partial charge in [0.1, 0.15) is 0 Å². The van der Waals surface area contributed by atoms with Gasteiger partial charge in [-0.15, -0.1) is 0 Å². The predicted molar refractivity (Wildman–Crippen MR) is 73.3 cm³/mol. The Kier molecular flexibility index (Phi) is 3.39. The first-order valence-electron chi connectivity index (χ1n) is 6.13. The summed E-state index contributed by atoms with van der Waals surface area (Å²) in [7, 11) is 0. The molecule has 0 amide bonds. The highest BCUT2D eigenvalue weighted by molar-refractivity contribution is 5.52. The van der Waals surface area contributed by atoms with Crippen LogP contribution in [0.5, 0.6) is 0 Å². The molecule has 0 radical (unpaired) electrons. The maximum atomic E-state index is 9.47. The van der Waals surface area contributed by atoms with Crippen LogP contribution in [0.3, 0.4) is 0 Å². The van der Waals surface area contributed by atoms with Crippen molar-refractivity contribution in [2.75, 3.05) is 0 Å². The summed E-state index contributed by atoms with van der Waals surface area (Å²) >= 11 is 0. The Bertz CT molecular complexity index is 427. The first-order valence-corrected chi connectivity index (χ1v) is 6.13. The van der Waals surface area contributed by atoms with Crippen molar-refractivity contribution >= 4 is 0 Å². The Hall–Kier alpha value is -1.29. The molecule has 17 heavy (non-hydrogen) atoms. The maximum Gasteiger partial charge on any atom is 0.0997 e. The molecular weight excluding hydrogens is 206 g/mol. The third-order valence-corrected chi connectivity index (χ3v) is 3.01. The van der Waals surface area contributed by atoms with E-state index in [1.54, 1.807) is 0 Å². The van der Waals surface area contributed by atoms with Crippen LogP contribution in [-0.2, 0) is 10.8 Å². The van der Waals surface area contributed by atoms with Crippen molar-refractivity contribution in [2.45, 2.75) is 59.3 Å². The van der Waals surface area contributed by atoms with Crippen LogP contribution in [0.15, 0.2) is 12.1 Å². The van der Waals surface area contributed by atoms with Crippen LogP contribution in [-0.4, -0.2) is 0 Å². The summed E-state index contributed by atoms with van der Waals surface area (Å²) < 4.78 is 0. The second kappa shape index (κ2) is 4.18. The van der Waals surface area contributed by atoms with Crippen molar-refractivity contribution in [2.24, 2.45) is 0 Å². The Morgan fingerprint density at radius 3 is 1.47 bits per heavy atom. The van der Waals surface area contributed by atoms with Gasteiger partial charge in [0, 0.05) is 0 Å². The lowest BCUT2D eigenvalue weighted by Gasteiger charge is -2.28. The fourth-order valence-electron chi connectivity index (χ4n) is 2.09. The number of benzene rings is 1. The molecule has 0 atom stereocenters. The monoisotopic (exact) mass is 229 g/mol. The van der Waals surface area contributed by atoms with Gasteiger partial charge >= 0.3 is 0 Å². The van der Waals surface area contributed by atoms with Crippen LogP contribution < -0.4 is 0 Å². The Morgan fingerprint density at radius 1 is 0.882 bits per heavy atom.